The quantitative estimate of drug-likeness (QED) is 0.166. The maximum absolute atomic E-state index is 2.68. The highest BCUT2D eigenvalue weighted by Crippen LogP contribution is 2.57. The average Bonchev–Trinajstić information content (AvgIpc) is 3.41. The monoisotopic (exact) mass is 719 g/mol. The Morgan fingerprint density at radius 2 is 1.20 bits per heavy atom. The Balaban J connectivity index is 1.41. The molecule has 0 aromatic heterocycles. The minimum Gasteiger partial charge on any atom is -0.310 e. The third-order valence-corrected chi connectivity index (χ3v) is 13.7. The van der Waals surface area contributed by atoms with Crippen LogP contribution in [0, 0.1) is 0 Å². The van der Waals surface area contributed by atoms with Gasteiger partial charge in [0.15, 0.2) is 0 Å². The largest absolute Gasteiger partial charge is 0.310 e. The fourth-order valence-electron chi connectivity index (χ4n) is 10.5. The van der Waals surface area contributed by atoms with Gasteiger partial charge in [-0.1, -0.05) is 146 Å². The van der Waals surface area contributed by atoms with E-state index in [2.05, 4.69) is 182 Å². The zero-order valence-electron chi connectivity index (χ0n) is 34.3. The third kappa shape index (κ3) is 5.80. The number of aryl methyl sites for hydroxylation is 1. The average molecular weight is 720 g/mol. The lowest BCUT2D eigenvalue weighted by molar-refractivity contribution is 0.332. The predicted octanol–water partition coefficient (Wildman–Crippen LogP) is 15.1. The van der Waals surface area contributed by atoms with Gasteiger partial charge in [-0.25, -0.2) is 0 Å². The van der Waals surface area contributed by atoms with Crippen LogP contribution >= 0.6 is 0 Å². The van der Waals surface area contributed by atoms with E-state index < -0.39 is 0 Å². The number of hydrogen-bond acceptors (Lipinski definition) is 1. The first-order valence-corrected chi connectivity index (χ1v) is 20.9. The van der Waals surface area contributed by atoms with E-state index in [0.29, 0.717) is 5.92 Å². The van der Waals surface area contributed by atoms with Gasteiger partial charge in [-0.3, -0.25) is 0 Å². The van der Waals surface area contributed by atoms with Crippen LogP contribution in [0.5, 0.6) is 0 Å². The molecule has 0 radical (unpaired) electrons. The predicted molar refractivity (Wildman–Crippen MR) is 236 cm³/mol. The topological polar surface area (TPSA) is 3.24 Å². The van der Waals surface area contributed by atoms with E-state index in [9.17, 15) is 0 Å². The lowest BCUT2D eigenvalue weighted by Crippen LogP contribution is -2.35. The first-order valence-electron chi connectivity index (χ1n) is 20.9. The van der Waals surface area contributed by atoms with Crippen LogP contribution in [0.1, 0.15) is 126 Å². The van der Waals surface area contributed by atoms with Crippen LogP contribution in [0.15, 0.2) is 121 Å². The molecule has 9 rings (SSSR count). The second-order valence-electron chi connectivity index (χ2n) is 18.8. The van der Waals surface area contributed by atoms with Crippen molar-refractivity contribution in [3.8, 4) is 33.4 Å². The molecule has 0 heterocycles. The van der Waals surface area contributed by atoms with Crippen LogP contribution in [-0.4, -0.2) is 0 Å². The molecule has 3 aliphatic carbocycles. The fraction of sp³-hybridized carbons (Fsp3) is 0.333. The molecule has 0 unspecified atom stereocenters. The Morgan fingerprint density at radius 1 is 0.527 bits per heavy atom. The molecule has 0 amide bonds. The summed E-state index contributed by atoms with van der Waals surface area (Å²) < 4.78 is 0. The highest BCUT2D eigenvalue weighted by Gasteiger charge is 2.42. The Labute approximate surface area is 330 Å². The van der Waals surface area contributed by atoms with Crippen LogP contribution in [0.2, 0.25) is 0 Å². The number of anilines is 3. The summed E-state index contributed by atoms with van der Waals surface area (Å²) in [6.07, 6.45) is 7.17. The molecule has 55 heavy (non-hydrogen) atoms. The molecule has 0 bridgehead atoms. The van der Waals surface area contributed by atoms with Crippen molar-refractivity contribution < 1.29 is 0 Å². The zero-order chi connectivity index (χ0) is 38.3. The van der Waals surface area contributed by atoms with Gasteiger partial charge in [0.1, 0.15) is 0 Å². The molecule has 1 nitrogen and oxygen atoms in total. The minimum atomic E-state index is -0.129. The van der Waals surface area contributed by atoms with Gasteiger partial charge in [0, 0.05) is 16.7 Å². The molecule has 0 spiro atoms. The normalized spacial score (nSPS) is 17.3. The van der Waals surface area contributed by atoms with Gasteiger partial charge in [-0.2, -0.15) is 0 Å². The Bertz CT molecular complexity index is 2420. The van der Waals surface area contributed by atoms with Crippen LogP contribution in [-0.2, 0) is 29.1 Å². The molecule has 0 saturated heterocycles. The molecule has 278 valence electrons. The molecule has 1 heteroatoms. The second-order valence-corrected chi connectivity index (χ2v) is 18.8. The van der Waals surface area contributed by atoms with Crippen molar-refractivity contribution in [2.45, 2.75) is 116 Å². The highest BCUT2D eigenvalue weighted by atomic mass is 15.1. The van der Waals surface area contributed by atoms with E-state index in [0.717, 1.165) is 19.3 Å². The summed E-state index contributed by atoms with van der Waals surface area (Å²) in [4.78, 5) is 2.68. The van der Waals surface area contributed by atoms with Crippen molar-refractivity contribution in [2.24, 2.45) is 0 Å². The minimum absolute atomic E-state index is 0.0189. The van der Waals surface area contributed by atoms with Gasteiger partial charge in [-0.15, -0.1) is 0 Å². The van der Waals surface area contributed by atoms with Crippen LogP contribution in [0.3, 0.4) is 0 Å². The van der Waals surface area contributed by atoms with Gasteiger partial charge < -0.3 is 4.90 Å². The van der Waals surface area contributed by atoms with Crippen molar-refractivity contribution in [2.75, 3.05) is 4.90 Å². The van der Waals surface area contributed by atoms with Crippen molar-refractivity contribution in [1.82, 2.24) is 0 Å². The number of hydrogen-bond donors (Lipinski definition) is 0. The first-order chi connectivity index (χ1) is 26.4. The molecule has 0 aliphatic heterocycles. The van der Waals surface area contributed by atoms with Gasteiger partial charge in [0.25, 0.3) is 0 Å². The lowest BCUT2D eigenvalue weighted by Gasteiger charge is -2.45. The maximum atomic E-state index is 2.68. The first kappa shape index (κ1) is 35.8. The number of nitrogens with zero attached hydrogens (tertiary/aromatic N) is 1. The van der Waals surface area contributed by atoms with Crippen molar-refractivity contribution in [3.05, 3.63) is 160 Å². The number of fused-ring (bicyclic) bond motifs is 5. The number of benzene rings is 6. The van der Waals surface area contributed by atoms with Crippen molar-refractivity contribution in [1.29, 1.82) is 0 Å². The Kier molecular flexibility index (Phi) is 8.54. The van der Waals surface area contributed by atoms with Gasteiger partial charge >= 0.3 is 0 Å². The Hall–Kier alpha value is -4.88. The fourth-order valence-corrected chi connectivity index (χ4v) is 10.5. The summed E-state index contributed by atoms with van der Waals surface area (Å²) in [5.41, 5.74) is 22.3. The number of rotatable bonds is 6. The lowest BCUT2D eigenvalue weighted by atomic mass is 9.62. The van der Waals surface area contributed by atoms with Crippen LogP contribution < -0.4 is 4.90 Å². The standard InChI is InChI=1S/C54H57N/c1-35(2)40-30-27-38-19-12-13-20-41(38)50(40)44-33-43-42-21-14-15-22-45(42)54(7,8)47(43)34-49(44)55(39-28-25-37(26-29-39)36-17-10-9-11-18-36)48-24-16-23-46-51(48)53(5,6)32-31-52(46,3)4/h9-11,14-18,21-30,33-35H,12-13,19-20,31-32H2,1-8H3. The van der Waals surface area contributed by atoms with E-state index in [4.69, 9.17) is 0 Å². The maximum Gasteiger partial charge on any atom is 0.0543 e. The molecular weight excluding hydrogens is 663 g/mol. The summed E-state index contributed by atoms with van der Waals surface area (Å²) in [5, 5.41) is 0. The van der Waals surface area contributed by atoms with E-state index in [1.807, 2.05) is 0 Å². The summed E-state index contributed by atoms with van der Waals surface area (Å²) in [6.45, 7) is 19.5. The summed E-state index contributed by atoms with van der Waals surface area (Å²) >= 11 is 0. The SMILES string of the molecule is CC(C)c1ccc2c(c1-c1cc3c(cc1N(c1ccc(-c4ccccc4)cc1)c1cccc4c1C(C)(C)CCC4(C)C)C(C)(C)c1ccccc1-3)CCCC2. The molecule has 0 fully saturated rings. The van der Waals surface area contributed by atoms with Gasteiger partial charge in [0.05, 0.1) is 11.4 Å². The summed E-state index contributed by atoms with van der Waals surface area (Å²) in [6, 6.07) is 46.7. The van der Waals surface area contributed by atoms with E-state index in [1.54, 1.807) is 5.56 Å². The highest BCUT2D eigenvalue weighted by molar-refractivity contribution is 5.97. The van der Waals surface area contributed by atoms with Crippen molar-refractivity contribution in [3.63, 3.8) is 0 Å². The van der Waals surface area contributed by atoms with E-state index in [-0.39, 0.29) is 16.2 Å². The Morgan fingerprint density at radius 3 is 1.96 bits per heavy atom. The van der Waals surface area contributed by atoms with Gasteiger partial charge in [0.2, 0.25) is 0 Å². The van der Waals surface area contributed by atoms with E-state index >= 15 is 0 Å². The van der Waals surface area contributed by atoms with Gasteiger partial charge in [-0.05, 0) is 152 Å². The second kappa shape index (κ2) is 13.1. The van der Waals surface area contributed by atoms with Crippen LogP contribution in [0.4, 0.5) is 17.1 Å². The molecule has 0 N–H and O–H groups in total. The summed E-state index contributed by atoms with van der Waals surface area (Å²) in [7, 11) is 0. The van der Waals surface area contributed by atoms with Crippen molar-refractivity contribution >= 4 is 17.1 Å². The molecule has 6 aromatic carbocycles. The molecular formula is C54H57N. The zero-order valence-corrected chi connectivity index (χ0v) is 34.3. The van der Waals surface area contributed by atoms with E-state index in [1.165, 1.54) is 103 Å². The van der Waals surface area contributed by atoms with Crippen LogP contribution in [0.25, 0.3) is 33.4 Å². The molecule has 6 aromatic rings. The smallest absolute Gasteiger partial charge is 0.0543 e. The molecule has 0 atom stereocenters. The third-order valence-electron chi connectivity index (χ3n) is 13.7. The molecule has 3 aliphatic rings. The summed E-state index contributed by atoms with van der Waals surface area (Å²) in [5.74, 6) is 0.398. The molecule has 0 saturated carbocycles.